The number of hydrogen-bond donors (Lipinski definition) is 4. The van der Waals surface area contributed by atoms with E-state index in [2.05, 4.69) is 25.7 Å². The first-order valence-electron chi connectivity index (χ1n) is 5.64. The van der Waals surface area contributed by atoms with E-state index in [1.807, 2.05) is 6.20 Å². The fourth-order valence-electron chi connectivity index (χ4n) is 1.43. The van der Waals surface area contributed by atoms with E-state index < -0.39 is 0 Å². The lowest BCUT2D eigenvalue weighted by molar-refractivity contribution is 0.768. The first-order valence-corrected chi connectivity index (χ1v) is 5.64. The lowest BCUT2D eigenvalue weighted by Crippen LogP contribution is -2.42. The number of aromatic nitrogens is 2. The van der Waals surface area contributed by atoms with Crippen molar-refractivity contribution in [3.05, 3.63) is 18.2 Å². The fourth-order valence-corrected chi connectivity index (χ4v) is 1.43. The molecule has 2 rings (SSSR count). The van der Waals surface area contributed by atoms with Gasteiger partial charge in [0.2, 0.25) is 5.96 Å². The van der Waals surface area contributed by atoms with Crippen LogP contribution in [0.5, 0.6) is 0 Å². The third-order valence-electron chi connectivity index (χ3n) is 2.45. The molecule has 1 aliphatic rings. The van der Waals surface area contributed by atoms with E-state index in [4.69, 9.17) is 5.84 Å². The molecule has 0 atom stereocenters. The lowest BCUT2D eigenvalue weighted by atomic mass is 10.3. The normalized spacial score (nSPS) is 16.2. The van der Waals surface area contributed by atoms with Gasteiger partial charge < -0.3 is 10.3 Å². The lowest BCUT2D eigenvalue weighted by Gasteiger charge is -2.07. The number of aryl methyl sites for hydroxylation is 1. The predicted octanol–water partition coefficient (Wildman–Crippen LogP) is -0.0864. The molecule has 1 aromatic heterocycles. The molecule has 1 heterocycles. The molecule has 0 radical (unpaired) electrons. The molecule has 6 nitrogen and oxygen atoms in total. The zero-order valence-corrected chi connectivity index (χ0v) is 9.24. The van der Waals surface area contributed by atoms with Gasteiger partial charge in [0, 0.05) is 31.4 Å². The Labute approximate surface area is 94.7 Å². The van der Waals surface area contributed by atoms with E-state index in [-0.39, 0.29) is 0 Å². The van der Waals surface area contributed by atoms with E-state index in [0.717, 1.165) is 25.2 Å². The summed E-state index contributed by atoms with van der Waals surface area (Å²) < 4.78 is 0. The van der Waals surface area contributed by atoms with Crippen LogP contribution in [0.4, 0.5) is 0 Å². The Morgan fingerprint density at radius 2 is 2.50 bits per heavy atom. The summed E-state index contributed by atoms with van der Waals surface area (Å²) in [6, 6.07) is 0.569. The topological polar surface area (TPSA) is 91.1 Å². The van der Waals surface area contributed by atoms with Crippen molar-refractivity contribution in [2.24, 2.45) is 10.8 Å². The summed E-state index contributed by atoms with van der Waals surface area (Å²) in [4.78, 5) is 11.6. The van der Waals surface area contributed by atoms with Crippen molar-refractivity contribution < 1.29 is 0 Å². The van der Waals surface area contributed by atoms with Crippen LogP contribution in [0.15, 0.2) is 17.4 Å². The number of nitrogens with two attached hydrogens (primary N) is 1. The molecule has 16 heavy (non-hydrogen) atoms. The predicted molar refractivity (Wildman–Crippen MR) is 62.7 cm³/mol. The number of rotatable bonds is 5. The number of nitrogens with one attached hydrogen (secondary N) is 3. The minimum absolute atomic E-state index is 0.569. The molecule has 0 saturated heterocycles. The average molecular weight is 222 g/mol. The number of hydrazine groups is 1. The Kier molecular flexibility index (Phi) is 3.76. The third kappa shape index (κ3) is 3.54. The number of guanidine groups is 1. The van der Waals surface area contributed by atoms with Gasteiger partial charge in [0.05, 0.1) is 0 Å². The second-order valence-electron chi connectivity index (χ2n) is 3.93. The van der Waals surface area contributed by atoms with Gasteiger partial charge in [0.25, 0.3) is 0 Å². The summed E-state index contributed by atoms with van der Waals surface area (Å²) in [5, 5.41) is 3.22. The zero-order valence-electron chi connectivity index (χ0n) is 9.24. The number of nitrogens with zero attached hydrogens (tertiary/aromatic N) is 2. The highest BCUT2D eigenvalue weighted by Gasteiger charge is 2.21. The molecule has 0 aromatic carbocycles. The quantitative estimate of drug-likeness (QED) is 0.184. The highest BCUT2D eigenvalue weighted by molar-refractivity contribution is 5.79. The highest BCUT2D eigenvalue weighted by Crippen LogP contribution is 2.18. The van der Waals surface area contributed by atoms with Crippen LogP contribution in [0.25, 0.3) is 0 Å². The molecule has 0 aliphatic heterocycles. The molecule has 1 fully saturated rings. The van der Waals surface area contributed by atoms with Gasteiger partial charge >= 0.3 is 0 Å². The number of H-pyrrole nitrogens is 1. The first-order chi connectivity index (χ1) is 7.88. The number of aromatic amines is 1. The minimum Gasteiger partial charge on any atom is -0.353 e. The van der Waals surface area contributed by atoms with Gasteiger partial charge in [0.15, 0.2) is 0 Å². The van der Waals surface area contributed by atoms with Gasteiger partial charge in [-0.3, -0.25) is 10.4 Å². The van der Waals surface area contributed by atoms with Gasteiger partial charge in [-0.25, -0.2) is 10.8 Å². The summed E-state index contributed by atoms with van der Waals surface area (Å²) in [6.07, 6.45) is 7.91. The maximum atomic E-state index is 5.36. The minimum atomic E-state index is 0.569. The van der Waals surface area contributed by atoms with Crippen LogP contribution in [-0.2, 0) is 6.42 Å². The van der Waals surface area contributed by atoms with E-state index in [1.54, 1.807) is 6.20 Å². The van der Waals surface area contributed by atoms with Crippen LogP contribution >= 0.6 is 0 Å². The van der Waals surface area contributed by atoms with Gasteiger partial charge in [-0.15, -0.1) is 0 Å². The fraction of sp³-hybridized carbons (Fsp3) is 0.600. The van der Waals surface area contributed by atoms with Crippen molar-refractivity contribution in [1.29, 1.82) is 0 Å². The molecule has 1 saturated carbocycles. The van der Waals surface area contributed by atoms with Crippen molar-refractivity contribution in [3.8, 4) is 0 Å². The Balaban J connectivity index is 1.66. The van der Waals surface area contributed by atoms with Crippen LogP contribution < -0.4 is 16.6 Å². The molecule has 1 aromatic rings. The van der Waals surface area contributed by atoms with Crippen LogP contribution in [0.1, 0.15) is 25.1 Å². The van der Waals surface area contributed by atoms with Gasteiger partial charge in [-0.1, -0.05) is 0 Å². The van der Waals surface area contributed by atoms with Gasteiger partial charge in [0.1, 0.15) is 5.82 Å². The summed E-state index contributed by atoms with van der Waals surface area (Å²) >= 11 is 0. The smallest absolute Gasteiger partial charge is 0.205 e. The number of imidazole rings is 1. The van der Waals surface area contributed by atoms with Crippen LogP contribution in [0.2, 0.25) is 0 Å². The Bertz CT molecular complexity index is 327. The van der Waals surface area contributed by atoms with E-state index >= 15 is 0 Å². The largest absolute Gasteiger partial charge is 0.353 e. The van der Waals surface area contributed by atoms with E-state index in [1.165, 1.54) is 12.8 Å². The molecule has 0 amide bonds. The zero-order chi connectivity index (χ0) is 11.2. The number of aliphatic imine (C=N–C) groups is 1. The van der Waals surface area contributed by atoms with Gasteiger partial charge in [-0.2, -0.15) is 0 Å². The van der Waals surface area contributed by atoms with Crippen molar-refractivity contribution in [1.82, 2.24) is 20.7 Å². The molecule has 0 bridgehead atoms. The number of hydrogen-bond acceptors (Lipinski definition) is 3. The summed E-state index contributed by atoms with van der Waals surface area (Å²) in [7, 11) is 0. The molecule has 5 N–H and O–H groups in total. The van der Waals surface area contributed by atoms with Crippen molar-refractivity contribution in [2.45, 2.75) is 31.7 Å². The molecule has 88 valence electrons. The Morgan fingerprint density at radius 3 is 3.12 bits per heavy atom. The first kappa shape index (κ1) is 10.9. The summed E-state index contributed by atoms with van der Waals surface area (Å²) in [5.74, 6) is 7.07. The Hall–Kier alpha value is -1.56. The summed E-state index contributed by atoms with van der Waals surface area (Å²) in [6.45, 7) is 0.750. The molecule has 0 unspecified atom stereocenters. The maximum Gasteiger partial charge on any atom is 0.205 e. The van der Waals surface area contributed by atoms with Crippen LogP contribution in [-0.4, -0.2) is 28.5 Å². The maximum absolute atomic E-state index is 5.36. The second kappa shape index (κ2) is 5.50. The third-order valence-corrected chi connectivity index (χ3v) is 2.45. The van der Waals surface area contributed by atoms with Crippen molar-refractivity contribution in [3.63, 3.8) is 0 Å². The molecule has 1 aliphatic carbocycles. The second-order valence-corrected chi connectivity index (χ2v) is 3.93. The van der Waals surface area contributed by atoms with Gasteiger partial charge in [-0.05, 0) is 19.3 Å². The van der Waals surface area contributed by atoms with Crippen LogP contribution in [0.3, 0.4) is 0 Å². The van der Waals surface area contributed by atoms with Crippen molar-refractivity contribution >= 4 is 5.96 Å². The van der Waals surface area contributed by atoms with Crippen LogP contribution in [0, 0.1) is 0 Å². The monoisotopic (exact) mass is 222 g/mol. The summed E-state index contributed by atoms with van der Waals surface area (Å²) in [5.41, 5.74) is 2.58. The van der Waals surface area contributed by atoms with Crippen molar-refractivity contribution in [2.75, 3.05) is 6.54 Å². The average Bonchev–Trinajstić information content (AvgIpc) is 2.96. The molecular weight excluding hydrogens is 204 g/mol. The standard InChI is InChI=1S/C10H18N6/c11-16-10(15-8-3-4-8)14-5-1-2-9-12-6-7-13-9/h6-8H,1-5,11H2,(H,12,13)(H2,14,15,16). The molecular formula is C10H18N6. The molecule has 0 spiro atoms. The van der Waals surface area contributed by atoms with E-state index in [9.17, 15) is 0 Å². The SMILES string of the molecule is NNC(=NCCCc1ncc[nH]1)NC1CC1. The Morgan fingerprint density at radius 1 is 1.62 bits per heavy atom. The highest BCUT2D eigenvalue weighted by atomic mass is 15.3. The molecule has 6 heteroatoms. The van der Waals surface area contributed by atoms with E-state index in [0.29, 0.717) is 12.0 Å².